The lowest BCUT2D eigenvalue weighted by Crippen LogP contribution is -2.33. The van der Waals surface area contributed by atoms with Crippen molar-refractivity contribution in [3.05, 3.63) is 63.1 Å². The van der Waals surface area contributed by atoms with Crippen molar-refractivity contribution in [3.63, 3.8) is 0 Å². The molecule has 7 nitrogen and oxygen atoms in total. The number of non-ortho nitro benzene ring substituents is 1. The second kappa shape index (κ2) is 6.06. The number of Topliss-reactive ketones (excluding diaryl/α,β-unsaturated/α-hetero) is 2. The second-order valence-corrected chi connectivity index (χ2v) is 6.99. The highest BCUT2D eigenvalue weighted by Crippen LogP contribution is 2.41. The quantitative estimate of drug-likeness (QED) is 0.230. The smallest absolute Gasteiger partial charge is 0.269 e. The first kappa shape index (κ1) is 16.7. The molecule has 2 unspecified atom stereocenters. The van der Waals surface area contributed by atoms with Gasteiger partial charge in [-0.05, 0) is 12.1 Å². The minimum absolute atomic E-state index is 0.0407. The van der Waals surface area contributed by atoms with Crippen LogP contribution in [0.25, 0.3) is 0 Å². The van der Waals surface area contributed by atoms with Crippen LogP contribution in [-0.4, -0.2) is 27.1 Å². The highest BCUT2D eigenvalue weighted by atomic mass is 79.9. The standard InChI is InChI=1S/C15H7Br2NO6/c16-10-11(17)15-9(13(20)14(10)21)8(5-24-15)12(19)6-1-3-7(4-2-6)18(22)23/h1-5,10-11H. The number of nitro groups is 1. The van der Waals surface area contributed by atoms with E-state index in [1.807, 2.05) is 0 Å². The van der Waals surface area contributed by atoms with Gasteiger partial charge in [-0.15, -0.1) is 0 Å². The zero-order chi connectivity index (χ0) is 17.6. The van der Waals surface area contributed by atoms with Crippen molar-refractivity contribution in [2.75, 3.05) is 0 Å². The van der Waals surface area contributed by atoms with E-state index in [-0.39, 0.29) is 28.1 Å². The van der Waals surface area contributed by atoms with Crippen LogP contribution in [0.5, 0.6) is 0 Å². The summed E-state index contributed by atoms with van der Waals surface area (Å²) in [5.74, 6) is -1.83. The van der Waals surface area contributed by atoms with E-state index in [1.165, 1.54) is 24.3 Å². The van der Waals surface area contributed by atoms with Crippen LogP contribution in [0.4, 0.5) is 5.69 Å². The summed E-state index contributed by atoms with van der Waals surface area (Å²) in [6, 6.07) is 4.95. The number of carbonyl (C=O) groups is 3. The summed E-state index contributed by atoms with van der Waals surface area (Å²) in [6.45, 7) is 0. The van der Waals surface area contributed by atoms with Gasteiger partial charge in [-0.3, -0.25) is 24.5 Å². The Balaban J connectivity index is 2.04. The lowest BCUT2D eigenvalue weighted by Gasteiger charge is -2.19. The van der Waals surface area contributed by atoms with Gasteiger partial charge in [0.2, 0.25) is 11.6 Å². The third-order valence-electron chi connectivity index (χ3n) is 3.61. The molecule has 0 N–H and O–H groups in total. The molecule has 24 heavy (non-hydrogen) atoms. The van der Waals surface area contributed by atoms with Gasteiger partial charge in [-0.2, -0.15) is 0 Å². The van der Waals surface area contributed by atoms with Gasteiger partial charge < -0.3 is 4.42 Å². The molecular weight excluding hydrogens is 450 g/mol. The number of rotatable bonds is 3. The third-order valence-corrected chi connectivity index (χ3v) is 6.21. The van der Waals surface area contributed by atoms with Gasteiger partial charge in [0.15, 0.2) is 5.78 Å². The Morgan fingerprint density at radius 1 is 1.12 bits per heavy atom. The van der Waals surface area contributed by atoms with Crippen LogP contribution in [0, 0.1) is 10.1 Å². The van der Waals surface area contributed by atoms with Crippen LogP contribution in [0.15, 0.2) is 34.9 Å². The Morgan fingerprint density at radius 2 is 1.75 bits per heavy atom. The Bertz CT molecular complexity index is 886. The van der Waals surface area contributed by atoms with E-state index < -0.39 is 31.9 Å². The number of nitrogens with zero attached hydrogens (tertiary/aromatic N) is 1. The number of carbonyl (C=O) groups excluding carboxylic acids is 3. The van der Waals surface area contributed by atoms with E-state index >= 15 is 0 Å². The van der Waals surface area contributed by atoms with Crippen LogP contribution in [0.3, 0.4) is 0 Å². The topological polar surface area (TPSA) is 107 Å². The lowest BCUT2D eigenvalue weighted by atomic mass is 9.90. The maximum Gasteiger partial charge on any atom is 0.269 e. The average molecular weight is 457 g/mol. The van der Waals surface area contributed by atoms with Crippen LogP contribution in [0.2, 0.25) is 0 Å². The molecule has 0 spiro atoms. The molecule has 0 bridgehead atoms. The number of ketones is 3. The second-order valence-electron chi connectivity index (χ2n) is 5.02. The fourth-order valence-corrected chi connectivity index (χ4v) is 3.41. The largest absolute Gasteiger partial charge is 0.467 e. The monoisotopic (exact) mass is 455 g/mol. The van der Waals surface area contributed by atoms with E-state index in [4.69, 9.17) is 4.42 Å². The predicted molar refractivity (Wildman–Crippen MR) is 89.0 cm³/mol. The summed E-state index contributed by atoms with van der Waals surface area (Å²) < 4.78 is 5.31. The van der Waals surface area contributed by atoms with Crippen molar-refractivity contribution in [1.29, 1.82) is 0 Å². The Labute approximate surface area is 151 Å². The molecular formula is C15H7Br2NO6. The van der Waals surface area contributed by atoms with Crippen molar-refractivity contribution in [2.24, 2.45) is 0 Å². The number of hydrogen-bond acceptors (Lipinski definition) is 6. The van der Waals surface area contributed by atoms with Crippen molar-refractivity contribution in [3.8, 4) is 0 Å². The fourth-order valence-electron chi connectivity index (χ4n) is 2.38. The van der Waals surface area contributed by atoms with Gasteiger partial charge in [-0.1, -0.05) is 31.9 Å². The van der Waals surface area contributed by atoms with Crippen molar-refractivity contribution >= 4 is 54.9 Å². The number of furan rings is 1. The third kappa shape index (κ3) is 2.53. The molecule has 0 saturated heterocycles. The number of halogens is 2. The minimum atomic E-state index is -0.804. The van der Waals surface area contributed by atoms with E-state index in [2.05, 4.69) is 31.9 Å². The Kier molecular flexibility index (Phi) is 4.22. The molecule has 0 saturated carbocycles. The van der Waals surface area contributed by atoms with Crippen LogP contribution in [-0.2, 0) is 4.79 Å². The zero-order valence-electron chi connectivity index (χ0n) is 11.7. The summed E-state index contributed by atoms with van der Waals surface area (Å²) >= 11 is 6.38. The SMILES string of the molecule is O=C(c1ccc([N+](=O)[O-])cc1)c1coc2c1C(=O)C(=O)C(Br)C2Br. The first-order valence-electron chi connectivity index (χ1n) is 6.60. The first-order valence-corrected chi connectivity index (χ1v) is 8.43. The normalized spacial score (nSPS) is 19.9. The molecule has 2 aromatic rings. The number of fused-ring (bicyclic) bond motifs is 1. The molecule has 1 aliphatic rings. The molecule has 9 heteroatoms. The molecule has 1 aliphatic carbocycles. The predicted octanol–water partition coefficient (Wildman–Crippen LogP) is 3.38. The molecule has 0 aliphatic heterocycles. The molecule has 1 heterocycles. The van der Waals surface area contributed by atoms with Crippen LogP contribution < -0.4 is 0 Å². The highest BCUT2D eigenvalue weighted by Gasteiger charge is 2.43. The number of hydrogen-bond donors (Lipinski definition) is 0. The van der Waals surface area contributed by atoms with Crippen molar-refractivity contribution in [1.82, 2.24) is 0 Å². The molecule has 1 aromatic carbocycles. The minimum Gasteiger partial charge on any atom is -0.467 e. The van der Waals surface area contributed by atoms with E-state index in [0.717, 1.165) is 6.26 Å². The molecule has 3 rings (SSSR count). The molecule has 0 radical (unpaired) electrons. The molecule has 122 valence electrons. The van der Waals surface area contributed by atoms with Crippen molar-refractivity contribution < 1.29 is 23.7 Å². The first-order chi connectivity index (χ1) is 11.3. The maximum absolute atomic E-state index is 12.6. The molecule has 1 aromatic heterocycles. The summed E-state index contributed by atoms with van der Waals surface area (Å²) in [6.07, 6.45) is 1.12. The Hall–Kier alpha value is -2.13. The van der Waals surface area contributed by atoms with Gasteiger partial charge in [0, 0.05) is 17.7 Å². The van der Waals surface area contributed by atoms with Crippen LogP contribution in [0.1, 0.15) is 36.9 Å². The maximum atomic E-state index is 12.6. The fraction of sp³-hybridized carbons (Fsp3) is 0.133. The average Bonchev–Trinajstić information content (AvgIpc) is 3.02. The van der Waals surface area contributed by atoms with E-state index in [9.17, 15) is 24.5 Å². The van der Waals surface area contributed by atoms with Gasteiger partial charge in [0.25, 0.3) is 5.69 Å². The number of alkyl halides is 2. The van der Waals surface area contributed by atoms with E-state index in [1.54, 1.807) is 0 Å². The Morgan fingerprint density at radius 3 is 2.33 bits per heavy atom. The van der Waals surface area contributed by atoms with Gasteiger partial charge >= 0.3 is 0 Å². The number of nitro benzene ring substituents is 1. The summed E-state index contributed by atoms with van der Waals surface area (Å²) in [5.41, 5.74) is -0.117. The molecule has 0 fully saturated rings. The van der Waals surface area contributed by atoms with Crippen molar-refractivity contribution in [2.45, 2.75) is 9.65 Å². The zero-order valence-corrected chi connectivity index (χ0v) is 14.9. The number of benzene rings is 1. The molecule has 0 amide bonds. The van der Waals surface area contributed by atoms with Gasteiger partial charge in [-0.25, -0.2) is 0 Å². The highest BCUT2D eigenvalue weighted by molar-refractivity contribution is 9.12. The lowest BCUT2D eigenvalue weighted by molar-refractivity contribution is -0.384. The van der Waals surface area contributed by atoms with Gasteiger partial charge in [0.1, 0.15) is 16.9 Å². The van der Waals surface area contributed by atoms with Gasteiger partial charge in [0.05, 0.1) is 20.9 Å². The summed E-state index contributed by atoms with van der Waals surface area (Å²) in [5, 5.41) is 10.7. The van der Waals surface area contributed by atoms with Crippen LogP contribution >= 0.6 is 31.9 Å². The summed E-state index contributed by atoms with van der Waals surface area (Å²) in [4.78, 5) is 45.5. The molecule has 2 atom stereocenters. The van der Waals surface area contributed by atoms with E-state index in [0.29, 0.717) is 0 Å². The summed E-state index contributed by atoms with van der Waals surface area (Å²) in [7, 11) is 0.